The van der Waals surface area contributed by atoms with Crippen LogP contribution in [0.3, 0.4) is 0 Å². The van der Waals surface area contributed by atoms with Crippen LogP contribution in [0.5, 0.6) is 5.75 Å². The first-order valence-corrected chi connectivity index (χ1v) is 5.75. The quantitative estimate of drug-likeness (QED) is 0.728. The lowest BCUT2D eigenvalue weighted by atomic mass is 10.2. The molecule has 0 N–H and O–H groups in total. The molecule has 1 heterocycles. The van der Waals surface area contributed by atoms with E-state index in [1.165, 1.54) is 5.56 Å². The zero-order valence-electron chi connectivity index (χ0n) is 9.39. The Morgan fingerprint density at radius 2 is 1.88 bits per heavy atom. The van der Waals surface area contributed by atoms with Crippen LogP contribution in [0.15, 0.2) is 24.3 Å². The van der Waals surface area contributed by atoms with Gasteiger partial charge in [0, 0.05) is 12.8 Å². The van der Waals surface area contributed by atoms with Crippen molar-refractivity contribution < 1.29 is 14.2 Å². The molecule has 2 atom stereocenters. The Morgan fingerprint density at radius 1 is 1.19 bits per heavy atom. The molecule has 3 rings (SSSR count). The molecule has 3 nitrogen and oxygen atoms in total. The summed E-state index contributed by atoms with van der Waals surface area (Å²) in [5, 5.41) is 0. The Morgan fingerprint density at radius 3 is 2.50 bits per heavy atom. The van der Waals surface area contributed by atoms with E-state index in [4.69, 9.17) is 14.2 Å². The monoisotopic (exact) mass is 220 g/mol. The zero-order chi connectivity index (χ0) is 11.0. The second-order valence-corrected chi connectivity index (χ2v) is 4.47. The van der Waals surface area contributed by atoms with Crippen molar-refractivity contribution in [3.63, 3.8) is 0 Å². The van der Waals surface area contributed by atoms with Gasteiger partial charge in [-0.2, -0.15) is 0 Å². The molecule has 1 aliphatic heterocycles. The maximum atomic E-state index is 5.84. The van der Waals surface area contributed by atoms with Gasteiger partial charge < -0.3 is 14.2 Å². The van der Waals surface area contributed by atoms with Crippen LogP contribution in [0.1, 0.15) is 18.4 Å². The van der Waals surface area contributed by atoms with Crippen LogP contribution in [0.2, 0.25) is 0 Å². The Balaban J connectivity index is 1.50. The van der Waals surface area contributed by atoms with Crippen molar-refractivity contribution in [1.82, 2.24) is 0 Å². The van der Waals surface area contributed by atoms with Crippen LogP contribution in [0.4, 0.5) is 0 Å². The van der Waals surface area contributed by atoms with Gasteiger partial charge in [-0.05, 0) is 17.7 Å². The average Bonchev–Trinajstić information content (AvgIpc) is 2.95. The van der Waals surface area contributed by atoms with Gasteiger partial charge in [-0.1, -0.05) is 12.1 Å². The predicted molar refractivity (Wildman–Crippen MR) is 59.5 cm³/mol. The highest BCUT2D eigenvalue weighted by Gasteiger charge is 2.48. The first-order valence-electron chi connectivity index (χ1n) is 5.75. The summed E-state index contributed by atoms with van der Waals surface area (Å²) in [5.74, 6) is 0.888. The van der Waals surface area contributed by atoms with Gasteiger partial charge in [0.05, 0.1) is 32.0 Å². The van der Waals surface area contributed by atoms with Gasteiger partial charge in [0.2, 0.25) is 0 Å². The normalized spacial score (nSPS) is 27.8. The molecule has 16 heavy (non-hydrogen) atoms. The highest BCUT2D eigenvalue weighted by atomic mass is 16.6. The number of benzene rings is 1. The van der Waals surface area contributed by atoms with Crippen LogP contribution >= 0.6 is 0 Å². The fourth-order valence-corrected chi connectivity index (χ4v) is 2.28. The smallest absolute Gasteiger partial charge is 0.118 e. The topological polar surface area (TPSA) is 31.0 Å². The Bertz CT molecular complexity index is 350. The molecule has 1 saturated heterocycles. The second kappa shape index (κ2) is 4.07. The number of methoxy groups -OCH3 is 1. The van der Waals surface area contributed by atoms with E-state index in [-0.39, 0.29) is 0 Å². The largest absolute Gasteiger partial charge is 0.497 e. The number of rotatable bonds is 4. The van der Waals surface area contributed by atoms with E-state index in [1.54, 1.807) is 7.11 Å². The minimum Gasteiger partial charge on any atom is -0.497 e. The fourth-order valence-electron chi connectivity index (χ4n) is 2.28. The molecule has 1 aromatic carbocycles. The molecule has 1 aliphatic carbocycles. The maximum Gasteiger partial charge on any atom is 0.118 e. The van der Waals surface area contributed by atoms with Crippen LogP contribution in [-0.4, -0.2) is 25.4 Å². The van der Waals surface area contributed by atoms with E-state index in [0.717, 1.165) is 18.6 Å². The average molecular weight is 220 g/mol. The summed E-state index contributed by atoms with van der Waals surface area (Å²) in [6.07, 6.45) is 3.54. The van der Waals surface area contributed by atoms with Gasteiger partial charge in [-0.25, -0.2) is 0 Å². The van der Waals surface area contributed by atoms with Crippen LogP contribution in [-0.2, 0) is 16.1 Å². The number of ether oxygens (including phenoxy) is 3. The van der Waals surface area contributed by atoms with Crippen molar-refractivity contribution in [2.45, 2.75) is 37.8 Å². The van der Waals surface area contributed by atoms with Crippen LogP contribution < -0.4 is 4.74 Å². The highest BCUT2D eigenvalue weighted by Crippen LogP contribution is 2.40. The van der Waals surface area contributed by atoms with Gasteiger partial charge in [0.1, 0.15) is 5.75 Å². The minimum absolute atomic E-state index is 0.394. The molecule has 1 saturated carbocycles. The highest BCUT2D eigenvalue weighted by molar-refractivity contribution is 5.26. The summed E-state index contributed by atoms with van der Waals surface area (Å²) in [4.78, 5) is 0. The third kappa shape index (κ3) is 2.06. The molecule has 0 amide bonds. The molecule has 86 valence electrons. The number of fused-ring (bicyclic) bond motifs is 1. The minimum atomic E-state index is 0.394. The predicted octanol–water partition coefficient (Wildman–Crippen LogP) is 2.14. The van der Waals surface area contributed by atoms with E-state index in [1.807, 2.05) is 24.3 Å². The van der Waals surface area contributed by atoms with Gasteiger partial charge in [0.25, 0.3) is 0 Å². The Kier molecular flexibility index (Phi) is 2.58. The van der Waals surface area contributed by atoms with E-state index in [0.29, 0.717) is 24.9 Å². The number of hydrogen-bond acceptors (Lipinski definition) is 3. The number of epoxide rings is 1. The van der Waals surface area contributed by atoms with Crippen molar-refractivity contribution in [2.24, 2.45) is 0 Å². The van der Waals surface area contributed by atoms with Crippen molar-refractivity contribution in [3.8, 4) is 5.75 Å². The molecule has 0 bridgehead atoms. The van der Waals surface area contributed by atoms with Crippen LogP contribution in [0.25, 0.3) is 0 Å². The van der Waals surface area contributed by atoms with Crippen molar-refractivity contribution >= 4 is 0 Å². The first-order chi connectivity index (χ1) is 7.85. The molecule has 0 spiro atoms. The molecule has 0 aromatic heterocycles. The van der Waals surface area contributed by atoms with Crippen molar-refractivity contribution in [1.29, 1.82) is 0 Å². The second-order valence-electron chi connectivity index (χ2n) is 4.47. The third-order valence-electron chi connectivity index (χ3n) is 3.32. The summed E-state index contributed by atoms with van der Waals surface area (Å²) in [6.45, 7) is 0.689. The Labute approximate surface area is 95.3 Å². The standard InChI is InChI=1S/C13H16O3/c1-14-10-4-2-9(3-5-10)8-15-11-6-12-13(7-11)16-12/h2-5,11-13H,6-8H2,1H3/t12-,13-/m0/s1. The SMILES string of the molecule is COc1ccc(COC2C[C@@H]3O[C@H]3C2)cc1. The summed E-state index contributed by atoms with van der Waals surface area (Å²) >= 11 is 0. The molecular formula is C13H16O3. The summed E-state index contributed by atoms with van der Waals surface area (Å²) in [7, 11) is 1.68. The molecule has 1 aromatic rings. The lowest BCUT2D eigenvalue weighted by molar-refractivity contribution is 0.0221. The van der Waals surface area contributed by atoms with E-state index < -0.39 is 0 Å². The van der Waals surface area contributed by atoms with Gasteiger partial charge in [-0.3, -0.25) is 0 Å². The third-order valence-corrected chi connectivity index (χ3v) is 3.32. The Hall–Kier alpha value is -1.06. The molecule has 3 heteroatoms. The molecular weight excluding hydrogens is 204 g/mol. The molecule has 0 radical (unpaired) electrons. The van der Waals surface area contributed by atoms with Gasteiger partial charge >= 0.3 is 0 Å². The van der Waals surface area contributed by atoms with E-state index >= 15 is 0 Å². The van der Waals surface area contributed by atoms with Crippen LogP contribution in [0, 0.1) is 0 Å². The van der Waals surface area contributed by atoms with E-state index in [2.05, 4.69) is 0 Å². The summed E-state index contributed by atoms with van der Waals surface area (Å²) in [5.41, 5.74) is 1.20. The maximum absolute atomic E-state index is 5.84. The zero-order valence-corrected chi connectivity index (χ0v) is 9.39. The van der Waals surface area contributed by atoms with Crippen molar-refractivity contribution in [2.75, 3.05) is 7.11 Å². The lowest BCUT2D eigenvalue weighted by Crippen LogP contribution is -2.11. The fraction of sp³-hybridized carbons (Fsp3) is 0.538. The molecule has 2 aliphatic rings. The first kappa shape index (κ1) is 10.1. The van der Waals surface area contributed by atoms with Gasteiger partial charge in [0.15, 0.2) is 0 Å². The summed E-state index contributed by atoms with van der Waals surface area (Å²) < 4.78 is 16.3. The lowest BCUT2D eigenvalue weighted by Gasteiger charge is -2.13. The molecule has 0 unspecified atom stereocenters. The summed E-state index contributed by atoms with van der Waals surface area (Å²) in [6, 6.07) is 8.03. The van der Waals surface area contributed by atoms with Crippen molar-refractivity contribution in [3.05, 3.63) is 29.8 Å². The number of hydrogen-bond donors (Lipinski definition) is 0. The molecule has 2 fully saturated rings. The van der Waals surface area contributed by atoms with E-state index in [9.17, 15) is 0 Å². The van der Waals surface area contributed by atoms with Gasteiger partial charge in [-0.15, -0.1) is 0 Å².